The summed E-state index contributed by atoms with van der Waals surface area (Å²) in [5, 5.41) is 6.39. The van der Waals surface area contributed by atoms with Crippen LogP contribution in [0.4, 0.5) is 5.13 Å². The number of aryl methyl sites for hydroxylation is 1. The van der Waals surface area contributed by atoms with Crippen LogP contribution >= 0.6 is 22.7 Å². The molecule has 0 bridgehead atoms. The number of hydrogen-bond donors (Lipinski definition) is 1. The monoisotopic (exact) mass is 238 g/mol. The van der Waals surface area contributed by atoms with Crippen molar-refractivity contribution in [1.82, 2.24) is 4.98 Å². The van der Waals surface area contributed by atoms with Crippen LogP contribution in [0.2, 0.25) is 0 Å². The van der Waals surface area contributed by atoms with Gasteiger partial charge in [-0.3, -0.25) is 0 Å². The van der Waals surface area contributed by atoms with E-state index in [-0.39, 0.29) is 0 Å². The molecule has 0 fully saturated rings. The zero-order valence-electron chi connectivity index (χ0n) is 8.86. The summed E-state index contributed by atoms with van der Waals surface area (Å²) in [5.74, 6) is 0. The lowest BCUT2D eigenvalue weighted by Gasteiger charge is -2.11. The van der Waals surface area contributed by atoms with Gasteiger partial charge in [0.1, 0.15) is 0 Å². The van der Waals surface area contributed by atoms with Crippen LogP contribution in [0.25, 0.3) is 0 Å². The third-order valence-electron chi connectivity index (χ3n) is 2.11. The van der Waals surface area contributed by atoms with E-state index in [0.29, 0.717) is 6.04 Å². The Labute approximate surface area is 98.0 Å². The second-order valence-electron chi connectivity index (χ2n) is 3.60. The van der Waals surface area contributed by atoms with Crippen molar-refractivity contribution in [2.45, 2.75) is 26.3 Å². The third kappa shape index (κ3) is 3.04. The molecular weight excluding hydrogens is 224 g/mol. The topological polar surface area (TPSA) is 24.9 Å². The molecule has 0 aliphatic rings. The third-order valence-corrected chi connectivity index (χ3v) is 3.83. The Morgan fingerprint density at radius 2 is 2.33 bits per heavy atom. The van der Waals surface area contributed by atoms with E-state index < -0.39 is 0 Å². The molecule has 2 nitrogen and oxygen atoms in total. The van der Waals surface area contributed by atoms with E-state index >= 15 is 0 Å². The van der Waals surface area contributed by atoms with E-state index in [4.69, 9.17) is 0 Å². The molecule has 1 unspecified atom stereocenters. The van der Waals surface area contributed by atoms with Crippen molar-refractivity contribution >= 4 is 27.8 Å². The highest BCUT2D eigenvalue weighted by Gasteiger charge is 2.06. The Bertz CT molecular complexity index is 406. The first-order chi connectivity index (χ1) is 7.24. The lowest BCUT2D eigenvalue weighted by molar-refractivity contribution is 0.799. The van der Waals surface area contributed by atoms with Crippen molar-refractivity contribution in [2.75, 3.05) is 5.32 Å². The second kappa shape index (κ2) is 4.77. The molecule has 0 saturated heterocycles. The number of hydrogen-bond acceptors (Lipinski definition) is 4. The molecule has 0 radical (unpaired) electrons. The summed E-state index contributed by atoms with van der Waals surface area (Å²) in [6.45, 7) is 4.34. The Morgan fingerprint density at radius 1 is 1.47 bits per heavy atom. The van der Waals surface area contributed by atoms with Gasteiger partial charge in [-0.2, -0.15) is 0 Å². The molecule has 2 heterocycles. The van der Waals surface area contributed by atoms with E-state index in [1.165, 1.54) is 9.75 Å². The van der Waals surface area contributed by atoms with Gasteiger partial charge in [0.2, 0.25) is 0 Å². The molecule has 0 amide bonds. The van der Waals surface area contributed by atoms with Gasteiger partial charge < -0.3 is 5.32 Å². The summed E-state index contributed by atoms with van der Waals surface area (Å²) in [4.78, 5) is 7.03. The lowest BCUT2D eigenvalue weighted by atomic mass is 10.2. The van der Waals surface area contributed by atoms with E-state index in [0.717, 1.165) is 11.6 Å². The zero-order valence-corrected chi connectivity index (χ0v) is 10.5. The average molecular weight is 238 g/mol. The van der Waals surface area contributed by atoms with E-state index in [1.54, 1.807) is 11.3 Å². The molecule has 80 valence electrons. The Hall–Kier alpha value is -0.870. The van der Waals surface area contributed by atoms with E-state index in [2.05, 4.69) is 36.3 Å². The van der Waals surface area contributed by atoms with Crippen molar-refractivity contribution in [3.8, 4) is 0 Å². The van der Waals surface area contributed by atoms with Crippen LogP contribution in [0, 0.1) is 6.92 Å². The van der Waals surface area contributed by atoms with Gasteiger partial charge in [0.25, 0.3) is 0 Å². The number of nitrogens with zero attached hydrogens (tertiary/aromatic N) is 1. The highest BCUT2D eigenvalue weighted by atomic mass is 32.1. The van der Waals surface area contributed by atoms with E-state index in [9.17, 15) is 0 Å². The van der Waals surface area contributed by atoms with Crippen molar-refractivity contribution in [3.63, 3.8) is 0 Å². The first-order valence-electron chi connectivity index (χ1n) is 4.95. The first kappa shape index (κ1) is 10.6. The summed E-state index contributed by atoms with van der Waals surface area (Å²) < 4.78 is 0. The number of thiazole rings is 1. The maximum absolute atomic E-state index is 4.21. The molecule has 15 heavy (non-hydrogen) atoms. The van der Waals surface area contributed by atoms with Gasteiger partial charge in [0.05, 0.1) is 0 Å². The van der Waals surface area contributed by atoms with Gasteiger partial charge in [0, 0.05) is 33.8 Å². The number of rotatable bonds is 4. The SMILES string of the molecule is Cc1ccc(CC(C)Nc2nccs2)s1. The van der Waals surface area contributed by atoms with Crippen molar-refractivity contribution < 1.29 is 0 Å². The Balaban J connectivity index is 1.90. The summed E-state index contributed by atoms with van der Waals surface area (Å²) >= 11 is 3.52. The van der Waals surface area contributed by atoms with Crippen LogP contribution in [0.15, 0.2) is 23.7 Å². The number of nitrogens with one attached hydrogen (secondary N) is 1. The van der Waals surface area contributed by atoms with Gasteiger partial charge in [-0.1, -0.05) is 0 Å². The number of anilines is 1. The maximum Gasteiger partial charge on any atom is 0.182 e. The molecule has 0 spiro atoms. The average Bonchev–Trinajstić information content (AvgIpc) is 2.77. The van der Waals surface area contributed by atoms with Gasteiger partial charge in [-0.15, -0.1) is 22.7 Å². The Kier molecular flexibility index (Phi) is 3.38. The molecular formula is C11H14N2S2. The molecule has 1 N–H and O–H groups in total. The normalized spacial score (nSPS) is 12.7. The predicted octanol–water partition coefficient (Wildman–Crippen LogP) is 3.56. The van der Waals surface area contributed by atoms with Crippen molar-refractivity contribution in [2.24, 2.45) is 0 Å². The van der Waals surface area contributed by atoms with Gasteiger partial charge >= 0.3 is 0 Å². The Morgan fingerprint density at radius 3 is 2.93 bits per heavy atom. The highest BCUT2D eigenvalue weighted by molar-refractivity contribution is 7.13. The first-order valence-corrected chi connectivity index (χ1v) is 6.65. The minimum absolute atomic E-state index is 0.439. The maximum atomic E-state index is 4.21. The van der Waals surface area contributed by atoms with Crippen molar-refractivity contribution in [1.29, 1.82) is 0 Å². The zero-order chi connectivity index (χ0) is 10.7. The molecule has 0 saturated carbocycles. The molecule has 0 aliphatic carbocycles. The van der Waals surface area contributed by atoms with Crippen LogP contribution in [-0.2, 0) is 6.42 Å². The molecule has 2 rings (SSSR count). The fraction of sp³-hybridized carbons (Fsp3) is 0.364. The summed E-state index contributed by atoms with van der Waals surface area (Å²) in [5.41, 5.74) is 0. The molecule has 1 atom stereocenters. The summed E-state index contributed by atoms with van der Waals surface area (Å²) in [6, 6.07) is 4.82. The highest BCUT2D eigenvalue weighted by Crippen LogP contribution is 2.19. The number of thiophene rings is 1. The number of aromatic nitrogens is 1. The molecule has 2 aromatic heterocycles. The van der Waals surface area contributed by atoms with Crippen molar-refractivity contribution in [3.05, 3.63) is 33.5 Å². The van der Waals surface area contributed by atoms with Crippen LogP contribution in [0.5, 0.6) is 0 Å². The van der Waals surface area contributed by atoms with Crippen LogP contribution in [0.1, 0.15) is 16.7 Å². The second-order valence-corrected chi connectivity index (χ2v) is 5.87. The van der Waals surface area contributed by atoms with Crippen LogP contribution < -0.4 is 5.32 Å². The molecule has 0 aliphatic heterocycles. The predicted molar refractivity (Wildman–Crippen MR) is 68.0 cm³/mol. The molecule has 0 aromatic carbocycles. The lowest BCUT2D eigenvalue weighted by Crippen LogP contribution is -2.17. The summed E-state index contributed by atoms with van der Waals surface area (Å²) in [7, 11) is 0. The largest absolute Gasteiger partial charge is 0.359 e. The fourth-order valence-electron chi connectivity index (χ4n) is 1.45. The van der Waals surface area contributed by atoms with Crippen LogP contribution in [0.3, 0.4) is 0 Å². The molecule has 4 heteroatoms. The standard InChI is InChI=1S/C11H14N2S2/c1-8(13-11-12-5-6-14-11)7-10-4-3-9(2)15-10/h3-6,8H,7H2,1-2H3,(H,12,13). The smallest absolute Gasteiger partial charge is 0.182 e. The quantitative estimate of drug-likeness (QED) is 0.881. The fourth-order valence-corrected chi connectivity index (χ4v) is 3.11. The van der Waals surface area contributed by atoms with E-state index in [1.807, 2.05) is 22.9 Å². The van der Waals surface area contributed by atoms with Gasteiger partial charge in [-0.25, -0.2) is 4.98 Å². The minimum Gasteiger partial charge on any atom is -0.359 e. The van der Waals surface area contributed by atoms with Crippen LogP contribution in [-0.4, -0.2) is 11.0 Å². The summed E-state index contributed by atoms with van der Waals surface area (Å²) in [6.07, 6.45) is 2.90. The van der Waals surface area contributed by atoms with Gasteiger partial charge in [0.15, 0.2) is 5.13 Å². The molecule has 2 aromatic rings. The van der Waals surface area contributed by atoms with Gasteiger partial charge in [-0.05, 0) is 26.0 Å². The minimum atomic E-state index is 0.439.